The first kappa shape index (κ1) is 18.1. The van der Waals surface area contributed by atoms with Crippen LogP contribution in [0.25, 0.3) is 10.9 Å². The van der Waals surface area contributed by atoms with E-state index in [1.165, 1.54) is 3.97 Å². The molecule has 150 valence electrons. The summed E-state index contributed by atoms with van der Waals surface area (Å²) in [5, 5.41) is 4.29. The highest BCUT2D eigenvalue weighted by molar-refractivity contribution is 7.90. The summed E-state index contributed by atoms with van der Waals surface area (Å²) in [6.07, 6.45) is 1.66. The van der Waals surface area contributed by atoms with Gasteiger partial charge in [-0.25, -0.2) is 12.4 Å². The highest BCUT2D eigenvalue weighted by Crippen LogP contribution is 2.30. The van der Waals surface area contributed by atoms with Crippen LogP contribution in [0.4, 0.5) is 5.69 Å². The van der Waals surface area contributed by atoms with E-state index in [2.05, 4.69) is 26.2 Å². The predicted octanol–water partition coefficient (Wildman–Crippen LogP) is 1.96. The van der Waals surface area contributed by atoms with E-state index in [1.807, 2.05) is 24.3 Å². The average molecular weight is 410 g/mol. The van der Waals surface area contributed by atoms with Gasteiger partial charge in [0.2, 0.25) is 0 Å². The van der Waals surface area contributed by atoms with E-state index in [9.17, 15) is 8.42 Å². The number of benzene rings is 2. The Kier molecular flexibility index (Phi) is 4.43. The van der Waals surface area contributed by atoms with Gasteiger partial charge in [0.15, 0.2) is 5.96 Å². The molecule has 0 unspecified atom stereocenters. The van der Waals surface area contributed by atoms with Gasteiger partial charge in [-0.05, 0) is 30.3 Å². The summed E-state index contributed by atoms with van der Waals surface area (Å²) in [6.45, 7) is 5.29. The largest absolute Gasteiger partial charge is 0.367 e. The van der Waals surface area contributed by atoms with Crippen LogP contribution in [0.1, 0.15) is 0 Å². The summed E-state index contributed by atoms with van der Waals surface area (Å²) in [4.78, 5) is 9.42. The Morgan fingerprint density at radius 1 is 0.862 bits per heavy atom. The van der Waals surface area contributed by atoms with Crippen molar-refractivity contribution in [2.75, 3.05) is 44.2 Å². The van der Waals surface area contributed by atoms with Crippen LogP contribution in [0.5, 0.6) is 0 Å². The number of hydrogen-bond acceptors (Lipinski definition) is 6. The van der Waals surface area contributed by atoms with Crippen molar-refractivity contribution in [3.05, 3.63) is 60.8 Å². The van der Waals surface area contributed by atoms with Crippen molar-refractivity contribution in [1.82, 2.24) is 14.2 Å². The topological polar surface area (TPSA) is 69.9 Å². The fourth-order valence-corrected chi connectivity index (χ4v) is 5.44. The summed E-state index contributed by atoms with van der Waals surface area (Å²) in [7, 11) is -3.62. The molecular formula is C21H23N5O2S. The molecule has 3 heterocycles. The normalized spacial score (nSPS) is 17.4. The molecule has 2 aliphatic heterocycles. The van der Waals surface area contributed by atoms with Crippen molar-refractivity contribution < 1.29 is 8.42 Å². The maximum atomic E-state index is 13.1. The second-order valence-corrected chi connectivity index (χ2v) is 9.06. The van der Waals surface area contributed by atoms with Crippen LogP contribution in [0.2, 0.25) is 0 Å². The number of guanidine groups is 1. The van der Waals surface area contributed by atoms with E-state index in [1.54, 1.807) is 30.5 Å². The van der Waals surface area contributed by atoms with Crippen LogP contribution in [0, 0.1) is 0 Å². The summed E-state index contributed by atoms with van der Waals surface area (Å²) in [5.41, 5.74) is 1.78. The van der Waals surface area contributed by atoms with Crippen LogP contribution in [0.3, 0.4) is 0 Å². The molecule has 1 N–H and O–H groups in total. The Balaban J connectivity index is 1.45. The zero-order chi connectivity index (χ0) is 19.8. The van der Waals surface area contributed by atoms with E-state index in [4.69, 9.17) is 0 Å². The first-order valence-corrected chi connectivity index (χ1v) is 11.3. The minimum atomic E-state index is -3.62. The summed E-state index contributed by atoms with van der Waals surface area (Å²) < 4.78 is 27.6. The molecule has 1 fully saturated rings. The molecule has 29 heavy (non-hydrogen) atoms. The van der Waals surface area contributed by atoms with Gasteiger partial charge >= 0.3 is 0 Å². The molecular weight excluding hydrogens is 386 g/mol. The van der Waals surface area contributed by atoms with E-state index < -0.39 is 10.0 Å². The number of aliphatic imine (C=N–C) groups is 1. The number of fused-ring (bicyclic) bond motifs is 1. The molecule has 0 radical (unpaired) electrons. The zero-order valence-electron chi connectivity index (χ0n) is 16.0. The number of nitrogens with one attached hydrogen (secondary N) is 1. The number of nitrogens with zero attached hydrogens (tertiary/aromatic N) is 4. The van der Waals surface area contributed by atoms with Gasteiger partial charge in [-0.2, -0.15) is 0 Å². The summed E-state index contributed by atoms with van der Waals surface area (Å²) in [6, 6.07) is 16.3. The maximum Gasteiger partial charge on any atom is 0.268 e. The lowest BCUT2D eigenvalue weighted by Gasteiger charge is -2.37. The molecule has 0 spiro atoms. The number of rotatable bonds is 3. The van der Waals surface area contributed by atoms with Crippen molar-refractivity contribution in [2.45, 2.75) is 4.90 Å². The average Bonchev–Trinajstić information content (AvgIpc) is 3.45. The Bertz CT molecular complexity index is 1160. The van der Waals surface area contributed by atoms with Crippen molar-refractivity contribution in [3.8, 4) is 0 Å². The van der Waals surface area contributed by atoms with Crippen LogP contribution in [-0.2, 0) is 10.0 Å². The van der Waals surface area contributed by atoms with Gasteiger partial charge < -0.3 is 15.1 Å². The molecule has 1 saturated heterocycles. The van der Waals surface area contributed by atoms with Gasteiger partial charge in [-0.15, -0.1) is 0 Å². The predicted molar refractivity (Wildman–Crippen MR) is 115 cm³/mol. The lowest BCUT2D eigenvalue weighted by molar-refractivity contribution is 0.378. The Hall–Kier alpha value is -3.00. The third-order valence-electron chi connectivity index (χ3n) is 5.55. The number of piperazine rings is 1. The van der Waals surface area contributed by atoms with Crippen molar-refractivity contribution in [2.24, 2.45) is 4.99 Å². The Morgan fingerprint density at radius 3 is 2.34 bits per heavy atom. The molecule has 1 aromatic heterocycles. The second kappa shape index (κ2) is 7.11. The number of aromatic nitrogens is 1. The lowest BCUT2D eigenvalue weighted by atomic mass is 10.2. The van der Waals surface area contributed by atoms with E-state index in [-0.39, 0.29) is 0 Å². The van der Waals surface area contributed by atoms with Gasteiger partial charge in [0.05, 0.1) is 17.0 Å². The van der Waals surface area contributed by atoms with E-state index in [0.717, 1.165) is 56.3 Å². The van der Waals surface area contributed by atoms with Crippen molar-refractivity contribution in [3.63, 3.8) is 0 Å². The summed E-state index contributed by atoms with van der Waals surface area (Å²) >= 11 is 0. The van der Waals surface area contributed by atoms with E-state index >= 15 is 0 Å². The van der Waals surface area contributed by atoms with Crippen LogP contribution < -0.4 is 10.2 Å². The zero-order valence-corrected chi connectivity index (χ0v) is 16.8. The van der Waals surface area contributed by atoms with Gasteiger partial charge in [0.25, 0.3) is 10.0 Å². The Labute approximate surface area is 170 Å². The fraction of sp³-hybridized carbons (Fsp3) is 0.286. The quantitative estimate of drug-likeness (QED) is 0.716. The number of hydrogen-bond donors (Lipinski definition) is 1. The maximum absolute atomic E-state index is 13.1. The van der Waals surface area contributed by atoms with E-state index in [0.29, 0.717) is 10.4 Å². The molecule has 3 aromatic rings. The molecule has 5 rings (SSSR count). The molecule has 2 aromatic carbocycles. The monoisotopic (exact) mass is 409 g/mol. The highest BCUT2D eigenvalue weighted by atomic mass is 32.2. The van der Waals surface area contributed by atoms with Crippen LogP contribution in [-0.4, -0.2) is 62.5 Å². The molecule has 2 aliphatic rings. The van der Waals surface area contributed by atoms with Crippen molar-refractivity contribution in [1.29, 1.82) is 0 Å². The first-order valence-electron chi connectivity index (χ1n) is 9.83. The highest BCUT2D eigenvalue weighted by Gasteiger charge is 2.24. The SMILES string of the molecule is O=S(=O)(c1ccccc1)n1ccc2c(N3CCN(C4=NCCN4)CC3)cccc21. The molecule has 7 nitrogen and oxygen atoms in total. The molecule has 0 bridgehead atoms. The smallest absolute Gasteiger partial charge is 0.268 e. The fourth-order valence-electron chi connectivity index (χ4n) is 4.07. The second-order valence-electron chi connectivity index (χ2n) is 7.25. The molecule has 0 saturated carbocycles. The third kappa shape index (κ3) is 3.13. The van der Waals surface area contributed by atoms with Crippen molar-refractivity contribution >= 4 is 32.6 Å². The summed E-state index contributed by atoms with van der Waals surface area (Å²) in [5.74, 6) is 1.00. The molecule has 8 heteroatoms. The third-order valence-corrected chi connectivity index (χ3v) is 7.25. The van der Waals surface area contributed by atoms with Crippen LogP contribution in [0.15, 0.2) is 70.7 Å². The van der Waals surface area contributed by atoms with Gasteiger partial charge in [-0.1, -0.05) is 24.3 Å². The standard InChI is InChI=1S/C21H23N5O2S/c27-29(28,17-5-2-1-3-6-17)26-12-9-18-19(7-4-8-20(18)26)24-13-15-25(16-14-24)21-22-10-11-23-21/h1-9,12H,10-11,13-16H2,(H,22,23). The number of anilines is 1. The van der Waals surface area contributed by atoms with Gasteiger partial charge in [-0.3, -0.25) is 4.99 Å². The molecule has 0 aliphatic carbocycles. The Morgan fingerprint density at radius 2 is 1.62 bits per heavy atom. The van der Waals surface area contributed by atoms with Gasteiger partial charge in [0.1, 0.15) is 0 Å². The van der Waals surface area contributed by atoms with Gasteiger partial charge in [0, 0.05) is 50.0 Å². The minimum absolute atomic E-state index is 0.293. The first-order chi connectivity index (χ1) is 14.1. The molecule has 0 atom stereocenters. The minimum Gasteiger partial charge on any atom is -0.367 e. The van der Waals surface area contributed by atoms with Crippen LogP contribution >= 0.6 is 0 Å². The lowest BCUT2D eigenvalue weighted by Crippen LogP contribution is -2.51. The molecule has 0 amide bonds.